The van der Waals surface area contributed by atoms with Crippen molar-refractivity contribution in [2.75, 3.05) is 0 Å². The van der Waals surface area contributed by atoms with Gasteiger partial charge in [0.05, 0.1) is 0 Å². The Balaban J connectivity index is 2.45. The quantitative estimate of drug-likeness (QED) is 0.554. The third-order valence-electron chi connectivity index (χ3n) is 2.97. The lowest BCUT2D eigenvalue weighted by atomic mass is 10.0. The van der Waals surface area contributed by atoms with E-state index in [-0.39, 0.29) is 5.75 Å². The van der Waals surface area contributed by atoms with Gasteiger partial charge >= 0.3 is 10.4 Å². The lowest BCUT2D eigenvalue weighted by Crippen LogP contribution is -2.08. The van der Waals surface area contributed by atoms with E-state index < -0.39 is 10.4 Å². The van der Waals surface area contributed by atoms with Gasteiger partial charge in [-0.1, -0.05) is 57.2 Å². The van der Waals surface area contributed by atoms with Crippen LogP contribution >= 0.6 is 0 Å². The summed E-state index contributed by atoms with van der Waals surface area (Å²) >= 11 is 0. The molecule has 0 amide bonds. The molecule has 4 nitrogen and oxygen atoms in total. The molecule has 19 heavy (non-hydrogen) atoms. The first-order valence-corrected chi connectivity index (χ1v) is 8.14. The number of rotatable bonds is 9. The number of benzene rings is 1. The van der Waals surface area contributed by atoms with Crippen molar-refractivity contribution in [3.8, 4) is 5.75 Å². The average molecular weight is 286 g/mol. The SMILES string of the molecule is CCCCCCCCc1ccccc1OS(=O)(=O)O. The first kappa shape index (κ1) is 16.0. The summed E-state index contributed by atoms with van der Waals surface area (Å²) in [7, 11) is -4.44. The second-order valence-electron chi connectivity index (χ2n) is 4.64. The van der Waals surface area contributed by atoms with Gasteiger partial charge in [0.25, 0.3) is 0 Å². The lowest BCUT2D eigenvalue weighted by Gasteiger charge is -2.08. The van der Waals surface area contributed by atoms with Crippen molar-refractivity contribution in [1.82, 2.24) is 0 Å². The molecule has 0 saturated carbocycles. The fourth-order valence-electron chi connectivity index (χ4n) is 2.00. The van der Waals surface area contributed by atoms with Gasteiger partial charge in [0.15, 0.2) is 0 Å². The van der Waals surface area contributed by atoms with Gasteiger partial charge in [-0.3, -0.25) is 4.55 Å². The summed E-state index contributed by atoms with van der Waals surface area (Å²) in [5, 5.41) is 0. The molecule has 1 aromatic rings. The Labute approximate surface area is 115 Å². The second kappa shape index (κ2) is 8.17. The minimum atomic E-state index is -4.44. The van der Waals surface area contributed by atoms with Gasteiger partial charge in [-0.25, -0.2) is 0 Å². The van der Waals surface area contributed by atoms with Crippen LogP contribution in [-0.4, -0.2) is 13.0 Å². The molecule has 0 saturated heterocycles. The molecular formula is C14H22O4S. The van der Waals surface area contributed by atoms with Crippen LogP contribution in [-0.2, 0) is 16.8 Å². The Morgan fingerprint density at radius 3 is 2.37 bits per heavy atom. The van der Waals surface area contributed by atoms with Crippen molar-refractivity contribution in [2.24, 2.45) is 0 Å². The van der Waals surface area contributed by atoms with E-state index >= 15 is 0 Å². The first-order chi connectivity index (χ1) is 9.03. The molecule has 1 rings (SSSR count). The maximum Gasteiger partial charge on any atom is 0.446 e. The molecule has 108 valence electrons. The van der Waals surface area contributed by atoms with E-state index in [1.807, 2.05) is 12.1 Å². The highest BCUT2D eigenvalue weighted by Crippen LogP contribution is 2.22. The van der Waals surface area contributed by atoms with E-state index in [0.717, 1.165) is 24.8 Å². The summed E-state index contributed by atoms with van der Waals surface area (Å²) in [6, 6.07) is 6.90. The zero-order valence-electron chi connectivity index (χ0n) is 11.3. The molecule has 0 aliphatic heterocycles. The molecule has 0 aliphatic carbocycles. The average Bonchev–Trinajstić information content (AvgIpc) is 2.33. The highest BCUT2D eigenvalue weighted by Gasteiger charge is 2.10. The van der Waals surface area contributed by atoms with Crippen LogP contribution in [0, 0.1) is 0 Å². The summed E-state index contributed by atoms with van der Waals surface area (Å²) in [6.45, 7) is 2.18. The molecule has 0 spiro atoms. The first-order valence-electron chi connectivity index (χ1n) is 6.77. The topological polar surface area (TPSA) is 63.6 Å². The molecule has 0 bridgehead atoms. The van der Waals surface area contributed by atoms with Crippen LogP contribution in [0.2, 0.25) is 0 Å². The Morgan fingerprint density at radius 1 is 1.05 bits per heavy atom. The van der Waals surface area contributed by atoms with Crippen molar-refractivity contribution < 1.29 is 17.2 Å². The summed E-state index contributed by atoms with van der Waals surface area (Å²) in [5.74, 6) is 0.221. The van der Waals surface area contributed by atoms with Crippen LogP contribution in [0.4, 0.5) is 0 Å². The molecule has 0 heterocycles. The third-order valence-corrected chi connectivity index (χ3v) is 3.36. The van der Waals surface area contributed by atoms with E-state index in [1.54, 1.807) is 12.1 Å². The Kier molecular flexibility index (Phi) is 6.87. The van der Waals surface area contributed by atoms with Crippen LogP contribution in [0.15, 0.2) is 24.3 Å². The van der Waals surface area contributed by atoms with Gasteiger partial charge < -0.3 is 4.18 Å². The van der Waals surface area contributed by atoms with Gasteiger partial charge in [0.1, 0.15) is 5.75 Å². The number of hydrogen-bond donors (Lipinski definition) is 1. The van der Waals surface area contributed by atoms with Gasteiger partial charge in [-0.2, -0.15) is 8.42 Å². The highest BCUT2D eigenvalue weighted by molar-refractivity contribution is 7.81. The molecule has 1 aromatic carbocycles. The Bertz CT molecular complexity index is 468. The lowest BCUT2D eigenvalue weighted by molar-refractivity contribution is 0.385. The van der Waals surface area contributed by atoms with Crippen molar-refractivity contribution in [3.05, 3.63) is 29.8 Å². The van der Waals surface area contributed by atoms with Crippen molar-refractivity contribution in [1.29, 1.82) is 0 Å². The van der Waals surface area contributed by atoms with Gasteiger partial charge in [0.2, 0.25) is 0 Å². The zero-order chi connectivity index (χ0) is 14.1. The van der Waals surface area contributed by atoms with Crippen molar-refractivity contribution in [2.45, 2.75) is 51.9 Å². The van der Waals surface area contributed by atoms with E-state index in [1.165, 1.54) is 25.7 Å². The molecule has 1 N–H and O–H groups in total. The van der Waals surface area contributed by atoms with E-state index in [0.29, 0.717) is 0 Å². The molecule has 0 aliphatic rings. The predicted molar refractivity (Wildman–Crippen MR) is 75.7 cm³/mol. The van der Waals surface area contributed by atoms with Gasteiger partial charge in [-0.05, 0) is 24.5 Å². The van der Waals surface area contributed by atoms with Crippen molar-refractivity contribution >= 4 is 10.4 Å². The summed E-state index contributed by atoms with van der Waals surface area (Å²) in [4.78, 5) is 0. The zero-order valence-corrected chi connectivity index (χ0v) is 12.2. The number of aryl methyl sites for hydroxylation is 1. The fraction of sp³-hybridized carbons (Fsp3) is 0.571. The maximum atomic E-state index is 10.7. The number of para-hydroxylation sites is 1. The molecule has 0 unspecified atom stereocenters. The smallest absolute Gasteiger partial charge is 0.362 e. The molecule has 0 aromatic heterocycles. The van der Waals surface area contributed by atoms with Gasteiger partial charge in [0, 0.05) is 0 Å². The Hall–Kier alpha value is -1.07. The summed E-state index contributed by atoms with van der Waals surface area (Å²) in [5.41, 5.74) is 0.815. The molecule has 5 heteroatoms. The molecule has 0 atom stereocenters. The summed E-state index contributed by atoms with van der Waals surface area (Å²) in [6.07, 6.45) is 7.83. The van der Waals surface area contributed by atoms with E-state index in [2.05, 4.69) is 11.1 Å². The minimum Gasteiger partial charge on any atom is -0.362 e. The fourth-order valence-corrected chi connectivity index (χ4v) is 2.39. The third kappa shape index (κ3) is 7.18. The second-order valence-corrected chi connectivity index (χ2v) is 5.66. The number of hydrogen-bond acceptors (Lipinski definition) is 3. The molecule has 0 fully saturated rings. The van der Waals surface area contributed by atoms with Crippen LogP contribution in [0.1, 0.15) is 51.0 Å². The van der Waals surface area contributed by atoms with Crippen LogP contribution < -0.4 is 4.18 Å². The number of unbranched alkanes of at least 4 members (excludes halogenated alkanes) is 5. The van der Waals surface area contributed by atoms with E-state index in [4.69, 9.17) is 4.55 Å². The Morgan fingerprint density at radius 2 is 1.68 bits per heavy atom. The highest BCUT2D eigenvalue weighted by atomic mass is 32.3. The van der Waals surface area contributed by atoms with Crippen LogP contribution in [0.3, 0.4) is 0 Å². The maximum absolute atomic E-state index is 10.7. The largest absolute Gasteiger partial charge is 0.446 e. The van der Waals surface area contributed by atoms with E-state index in [9.17, 15) is 8.42 Å². The molecular weight excluding hydrogens is 264 g/mol. The predicted octanol–water partition coefficient (Wildman–Crippen LogP) is 3.77. The van der Waals surface area contributed by atoms with Crippen molar-refractivity contribution in [3.63, 3.8) is 0 Å². The molecule has 0 radical (unpaired) electrons. The normalized spacial score (nSPS) is 11.5. The minimum absolute atomic E-state index is 0.221. The van der Waals surface area contributed by atoms with Gasteiger partial charge in [-0.15, -0.1) is 0 Å². The monoisotopic (exact) mass is 286 g/mol. The summed E-state index contributed by atoms with van der Waals surface area (Å²) < 4.78 is 34.7. The van der Waals surface area contributed by atoms with Crippen LogP contribution in [0.5, 0.6) is 5.75 Å². The standard InChI is InChI=1S/C14H22O4S/c1-2-3-4-5-6-7-10-13-11-8-9-12-14(13)18-19(15,16)17/h8-9,11-12H,2-7,10H2,1H3,(H,15,16,17). The van der Waals surface area contributed by atoms with Crippen LogP contribution in [0.25, 0.3) is 0 Å².